The van der Waals surface area contributed by atoms with Crippen LogP contribution >= 0.6 is 34.8 Å². The predicted molar refractivity (Wildman–Crippen MR) is 91.4 cm³/mol. The summed E-state index contributed by atoms with van der Waals surface area (Å²) in [5.74, 6) is -2.01. The molecular weight excluding hydrogens is 380 g/mol. The number of hydrogen-bond acceptors (Lipinski definition) is 3. The van der Waals surface area contributed by atoms with Gasteiger partial charge in [0.05, 0.1) is 26.3 Å². The van der Waals surface area contributed by atoms with Crippen molar-refractivity contribution < 1.29 is 18.7 Å². The average Bonchev–Trinajstić information content (AvgIpc) is 2.49. The molecule has 126 valence electrons. The molecule has 0 saturated heterocycles. The first-order valence-corrected chi connectivity index (χ1v) is 7.84. The summed E-state index contributed by atoms with van der Waals surface area (Å²) in [6.45, 7) is 1.37. The number of amides is 1. The Hall–Kier alpha value is -1.82. The highest BCUT2D eigenvalue weighted by Gasteiger charge is 2.23. The Morgan fingerprint density at radius 3 is 2.29 bits per heavy atom. The number of hydrogen-bond donors (Lipinski definition) is 1. The van der Waals surface area contributed by atoms with Crippen molar-refractivity contribution in [2.75, 3.05) is 5.32 Å². The number of carbonyl (C=O) groups is 2. The topological polar surface area (TPSA) is 55.4 Å². The van der Waals surface area contributed by atoms with Crippen LogP contribution < -0.4 is 5.32 Å². The molecule has 2 rings (SSSR count). The zero-order chi connectivity index (χ0) is 17.9. The van der Waals surface area contributed by atoms with Crippen LogP contribution in [0.4, 0.5) is 10.1 Å². The largest absolute Gasteiger partial charge is 0.449 e. The lowest BCUT2D eigenvalue weighted by atomic mass is 10.2. The van der Waals surface area contributed by atoms with E-state index in [-0.39, 0.29) is 26.3 Å². The van der Waals surface area contributed by atoms with Gasteiger partial charge in [-0.1, -0.05) is 40.9 Å². The van der Waals surface area contributed by atoms with Gasteiger partial charge in [-0.15, -0.1) is 0 Å². The van der Waals surface area contributed by atoms with E-state index in [4.69, 9.17) is 39.5 Å². The number of nitrogens with one attached hydrogen (secondary N) is 1. The van der Waals surface area contributed by atoms with Gasteiger partial charge in [-0.25, -0.2) is 9.18 Å². The first-order chi connectivity index (χ1) is 11.3. The normalized spacial score (nSPS) is 11.7. The molecule has 0 radical (unpaired) electrons. The number of benzene rings is 2. The van der Waals surface area contributed by atoms with Gasteiger partial charge in [0.25, 0.3) is 5.91 Å². The fourth-order valence-electron chi connectivity index (χ4n) is 1.79. The van der Waals surface area contributed by atoms with Gasteiger partial charge in [0.15, 0.2) is 6.10 Å². The van der Waals surface area contributed by atoms with Crippen molar-refractivity contribution in [1.29, 1.82) is 0 Å². The third kappa shape index (κ3) is 4.38. The Morgan fingerprint density at radius 2 is 1.71 bits per heavy atom. The van der Waals surface area contributed by atoms with E-state index in [9.17, 15) is 14.0 Å². The summed E-state index contributed by atoms with van der Waals surface area (Å²) in [6.07, 6.45) is -1.15. The molecule has 1 N–H and O–H groups in total. The molecule has 0 spiro atoms. The van der Waals surface area contributed by atoms with Gasteiger partial charge in [-0.3, -0.25) is 4.79 Å². The number of esters is 1. The molecule has 1 atom stereocenters. The van der Waals surface area contributed by atoms with Crippen LogP contribution in [0.5, 0.6) is 0 Å². The third-order valence-corrected chi connectivity index (χ3v) is 3.95. The maximum absolute atomic E-state index is 13.0. The van der Waals surface area contributed by atoms with Crippen LogP contribution in [0.25, 0.3) is 0 Å². The van der Waals surface area contributed by atoms with E-state index in [2.05, 4.69) is 5.32 Å². The summed E-state index contributed by atoms with van der Waals surface area (Å²) in [5, 5.41) is 2.69. The number of rotatable bonds is 4. The molecule has 0 unspecified atom stereocenters. The summed E-state index contributed by atoms with van der Waals surface area (Å²) >= 11 is 17.7. The second-order valence-electron chi connectivity index (χ2n) is 4.76. The Bertz CT molecular complexity index is 778. The molecule has 24 heavy (non-hydrogen) atoms. The van der Waals surface area contributed by atoms with E-state index in [1.54, 1.807) is 6.07 Å². The van der Waals surface area contributed by atoms with E-state index in [0.717, 1.165) is 12.1 Å². The van der Waals surface area contributed by atoms with Gasteiger partial charge >= 0.3 is 5.97 Å². The summed E-state index contributed by atoms with van der Waals surface area (Å²) < 4.78 is 18.0. The maximum Gasteiger partial charge on any atom is 0.341 e. The highest BCUT2D eigenvalue weighted by Crippen LogP contribution is 2.26. The lowest BCUT2D eigenvalue weighted by Crippen LogP contribution is -2.30. The molecule has 8 heteroatoms. The molecular formula is C16H11Cl3FNO3. The zero-order valence-electron chi connectivity index (χ0n) is 12.3. The van der Waals surface area contributed by atoms with Crippen molar-refractivity contribution >= 4 is 52.4 Å². The van der Waals surface area contributed by atoms with E-state index >= 15 is 0 Å². The first kappa shape index (κ1) is 18.5. The van der Waals surface area contributed by atoms with Crippen LogP contribution in [0.1, 0.15) is 17.3 Å². The van der Waals surface area contributed by atoms with Crippen molar-refractivity contribution in [3.63, 3.8) is 0 Å². The maximum atomic E-state index is 13.0. The quantitative estimate of drug-likeness (QED) is 0.750. The van der Waals surface area contributed by atoms with Crippen LogP contribution in [0.3, 0.4) is 0 Å². The Morgan fingerprint density at radius 1 is 1.08 bits per heavy atom. The zero-order valence-corrected chi connectivity index (χ0v) is 14.5. The molecule has 0 saturated carbocycles. The Balaban J connectivity index is 2.07. The lowest BCUT2D eigenvalue weighted by molar-refractivity contribution is -0.123. The minimum Gasteiger partial charge on any atom is -0.449 e. The molecule has 0 bridgehead atoms. The number of anilines is 1. The SMILES string of the molecule is C[C@H](OC(=O)c1c(Cl)cccc1Cl)C(=O)Nc1ccc(F)cc1Cl. The molecule has 1 amide bonds. The fourth-order valence-corrected chi connectivity index (χ4v) is 2.56. The van der Waals surface area contributed by atoms with E-state index in [1.807, 2.05) is 0 Å². The van der Waals surface area contributed by atoms with Gasteiger partial charge in [-0.2, -0.15) is 0 Å². The highest BCUT2D eigenvalue weighted by molar-refractivity contribution is 6.39. The van der Waals surface area contributed by atoms with Gasteiger partial charge < -0.3 is 10.1 Å². The van der Waals surface area contributed by atoms with E-state index < -0.39 is 23.8 Å². The van der Waals surface area contributed by atoms with Crippen molar-refractivity contribution in [1.82, 2.24) is 0 Å². The third-order valence-electron chi connectivity index (χ3n) is 3.01. The molecule has 0 fully saturated rings. The van der Waals surface area contributed by atoms with Gasteiger partial charge in [0.2, 0.25) is 0 Å². The van der Waals surface area contributed by atoms with Crippen LogP contribution in [-0.2, 0) is 9.53 Å². The molecule has 0 aliphatic rings. The highest BCUT2D eigenvalue weighted by atomic mass is 35.5. The summed E-state index contributed by atoms with van der Waals surface area (Å²) in [7, 11) is 0. The standard InChI is InChI=1S/C16H11Cl3FNO3/c1-8(15(22)21-13-6-5-9(20)7-12(13)19)24-16(23)14-10(17)3-2-4-11(14)18/h2-8H,1H3,(H,21,22)/t8-/m0/s1. The fraction of sp³-hybridized carbons (Fsp3) is 0.125. The van der Waals surface area contributed by atoms with Gasteiger partial charge in [-0.05, 0) is 37.3 Å². The number of ether oxygens (including phenoxy) is 1. The molecule has 0 heterocycles. The van der Waals surface area contributed by atoms with Crippen molar-refractivity contribution in [2.24, 2.45) is 0 Å². The van der Waals surface area contributed by atoms with Crippen LogP contribution in [0, 0.1) is 5.82 Å². The minimum atomic E-state index is -1.15. The van der Waals surface area contributed by atoms with Crippen molar-refractivity contribution in [3.05, 3.63) is 62.8 Å². The molecule has 2 aromatic rings. The van der Waals surface area contributed by atoms with Crippen LogP contribution in [0.15, 0.2) is 36.4 Å². The monoisotopic (exact) mass is 389 g/mol. The van der Waals surface area contributed by atoms with Gasteiger partial charge in [0, 0.05) is 0 Å². The summed E-state index contributed by atoms with van der Waals surface area (Å²) in [5.41, 5.74) is 0.169. The Kier molecular flexibility index (Phi) is 6.04. The molecule has 4 nitrogen and oxygen atoms in total. The first-order valence-electron chi connectivity index (χ1n) is 6.70. The van der Waals surface area contributed by atoms with E-state index in [1.165, 1.54) is 25.1 Å². The minimum absolute atomic E-state index is 0.0241. The number of halogens is 4. The summed E-state index contributed by atoms with van der Waals surface area (Å²) in [6, 6.07) is 8.03. The smallest absolute Gasteiger partial charge is 0.341 e. The van der Waals surface area contributed by atoms with Crippen molar-refractivity contribution in [2.45, 2.75) is 13.0 Å². The molecule has 0 aromatic heterocycles. The van der Waals surface area contributed by atoms with Gasteiger partial charge in [0.1, 0.15) is 5.82 Å². The molecule has 0 aliphatic carbocycles. The van der Waals surface area contributed by atoms with Crippen LogP contribution in [-0.4, -0.2) is 18.0 Å². The van der Waals surface area contributed by atoms with Crippen molar-refractivity contribution in [3.8, 4) is 0 Å². The second-order valence-corrected chi connectivity index (χ2v) is 5.98. The average molecular weight is 391 g/mol. The summed E-state index contributed by atoms with van der Waals surface area (Å²) in [4.78, 5) is 24.2. The predicted octanol–water partition coefficient (Wildman–Crippen LogP) is 4.97. The second kappa shape index (κ2) is 7.83. The Labute approximate surface area is 152 Å². The molecule has 0 aliphatic heterocycles. The van der Waals surface area contributed by atoms with E-state index in [0.29, 0.717) is 0 Å². The number of carbonyl (C=O) groups excluding carboxylic acids is 2. The molecule has 2 aromatic carbocycles. The lowest BCUT2D eigenvalue weighted by Gasteiger charge is -2.15. The van der Waals surface area contributed by atoms with Crippen LogP contribution in [0.2, 0.25) is 15.1 Å².